The predicted octanol–water partition coefficient (Wildman–Crippen LogP) is 2.75. The highest BCUT2D eigenvalue weighted by Gasteiger charge is 2.32. The number of nitrogens with zero attached hydrogens (tertiary/aromatic N) is 1. The molecule has 2 aliphatic heterocycles. The quantitative estimate of drug-likeness (QED) is 0.883. The molecule has 1 aromatic rings. The zero-order valence-corrected chi connectivity index (χ0v) is 16.5. The molecule has 0 radical (unpaired) electrons. The van der Waals surface area contributed by atoms with Gasteiger partial charge in [0.05, 0.1) is 12.1 Å². The molecule has 0 aliphatic carbocycles. The van der Waals surface area contributed by atoms with E-state index >= 15 is 0 Å². The summed E-state index contributed by atoms with van der Waals surface area (Å²) in [5.41, 5.74) is 3.61. The van der Waals surface area contributed by atoms with E-state index in [2.05, 4.69) is 48.6 Å². The van der Waals surface area contributed by atoms with Crippen molar-refractivity contribution in [3.8, 4) is 0 Å². The molecule has 1 fully saturated rings. The summed E-state index contributed by atoms with van der Waals surface area (Å²) in [7, 11) is 3.85. The summed E-state index contributed by atoms with van der Waals surface area (Å²) in [5, 5.41) is 6.26. The molecule has 0 aromatic heterocycles. The second-order valence-corrected chi connectivity index (χ2v) is 7.15. The van der Waals surface area contributed by atoms with Crippen molar-refractivity contribution >= 4 is 11.6 Å². The molecule has 0 saturated carbocycles. The van der Waals surface area contributed by atoms with Gasteiger partial charge in [0.15, 0.2) is 0 Å². The van der Waals surface area contributed by atoms with Crippen molar-refractivity contribution in [3.63, 3.8) is 0 Å². The minimum absolute atomic E-state index is 0.0247. The lowest BCUT2D eigenvalue weighted by atomic mass is 9.83. The highest BCUT2D eigenvalue weighted by molar-refractivity contribution is 5.95. The molecule has 1 saturated heterocycles. The van der Waals surface area contributed by atoms with Crippen molar-refractivity contribution in [2.45, 2.75) is 58.2 Å². The van der Waals surface area contributed by atoms with E-state index in [0.717, 1.165) is 31.6 Å². The number of rotatable bonds is 3. The van der Waals surface area contributed by atoms with Gasteiger partial charge in [0.2, 0.25) is 5.91 Å². The van der Waals surface area contributed by atoms with Crippen LogP contribution in [0.4, 0.5) is 5.69 Å². The number of carbonyl (C=O) groups is 1. The van der Waals surface area contributed by atoms with Crippen molar-refractivity contribution in [1.82, 2.24) is 10.2 Å². The highest BCUT2D eigenvalue weighted by Crippen LogP contribution is 2.35. The fourth-order valence-corrected chi connectivity index (χ4v) is 3.56. The number of methoxy groups -OCH3 is 1. The van der Waals surface area contributed by atoms with Crippen LogP contribution >= 0.6 is 0 Å². The van der Waals surface area contributed by atoms with Gasteiger partial charge < -0.3 is 15.4 Å². The van der Waals surface area contributed by atoms with E-state index in [1.54, 1.807) is 7.11 Å². The molecule has 5 nitrogen and oxygen atoms in total. The third-order valence-electron chi connectivity index (χ3n) is 5.44. The minimum Gasteiger partial charge on any atom is -0.380 e. The molecule has 2 atom stereocenters. The maximum Gasteiger partial charge on any atom is 0.241 e. The number of hydrogen-bond acceptors (Lipinski definition) is 4. The summed E-state index contributed by atoms with van der Waals surface area (Å²) in [4.78, 5) is 14.8. The van der Waals surface area contributed by atoms with Gasteiger partial charge in [0.1, 0.15) is 0 Å². The number of amides is 1. The molecule has 0 bridgehead atoms. The van der Waals surface area contributed by atoms with Gasteiger partial charge in [-0.15, -0.1) is 0 Å². The molecule has 3 rings (SSSR count). The van der Waals surface area contributed by atoms with Crippen LogP contribution in [0.3, 0.4) is 0 Å². The Hall–Kier alpha value is -1.43. The number of ether oxygens (including phenoxy) is 1. The molecule has 1 aromatic carbocycles. The Morgan fingerprint density at radius 2 is 2.08 bits per heavy atom. The molecular formula is C20H33N3O2. The van der Waals surface area contributed by atoms with E-state index in [1.165, 1.54) is 11.1 Å². The third kappa shape index (κ3) is 4.22. The van der Waals surface area contributed by atoms with Gasteiger partial charge in [-0.1, -0.05) is 19.9 Å². The monoisotopic (exact) mass is 347 g/mol. The lowest BCUT2D eigenvalue weighted by molar-refractivity contribution is -0.118. The molecular weight excluding hydrogens is 314 g/mol. The molecule has 1 unspecified atom stereocenters. The van der Waals surface area contributed by atoms with Crippen LogP contribution in [0.15, 0.2) is 18.2 Å². The van der Waals surface area contributed by atoms with E-state index in [-0.39, 0.29) is 23.6 Å². The molecule has 25 heavy (non-hydrogen) atoms. The summed E-state index contributed by atoms with van der Waals surface area (Å²) in [6, 6.07) is 6.13. The topological polar surface area (TPSA) is 53.6 Å². The Bertz CT molecular complexity index is 601. The van der Waals surface area contributed by atoms with Gasteiger partial charge in [-0.2, -0.15) is 0 Å². The zero-order chi connectivity index (χ0) is 18.6. The maximum absolute atomic E-state index is 12.4. The molecule has 2 aliphatic rings. The zero-order valence-electron chi connectivity index (χ0n) is 16.5. The number of hydrogen-bond donors (Lipinski definition) is 2. The van der Waals surface area contributed by atoms with Crippen molar-refractivity contribution < 1.29 is 9.53 Å². The lowest BCUT2D eigenvalue weighted by Gasteiger charge is -2.41. The first-order chi connectivity index (χ1) is 11.9. The second kappa shape index (κ2) is 8.30. The SMILES string of the molecule is CC.COC1CN[C@@H](C(=O)Nc2ccc3c(c2)CCN(C)C3(C)C)C1. The number of fused-ring (bicyclic) bond motifs is 1. The van der Waals surface area contributed by atoms with Gasteiger partial charge in [-0.25, -0.2) is 0 Å². The Morgan fingerprint density at radius 1 is 1.36 bits per heavy atom. The van der Waals surface area contributed by atoms with Crippen LogP contribution in [0.25, 0.3) is 0 Å². The fraction of sp³-hybridized carbons (Fsp3) is 0.650. The average Bonchev–Trinajstić information content (AvgIpc) is 3.09. The molecule has 0 spiro atoms. The lowest BCUT2D eigenvalue weighted by Crippen LogP contribution is -2.44. The maximum atomic E-state index is 12.4. The normalized spacial score (nSPS) is 24.9. The van der Waals surface area contributed by atoms with Crippen molar-refractivity contribution in [2.24, 2.45) is 0 Å². The van der Waals surface area contributed by atoms with Gasteiger partial charge in [-0.05, 0) is 57.0 Å². The molecule has 140 valence electrons. The first-order valence-corrected chi connectivity index (χ1v) is 9.33. The summed E-state index contributed by atoms with van der Waals surface area (Å²) in [6.07, 6.45) is 1.88. The van der Waals surface area contributed by atoms with E-state index in [4.69, 9.17) is 4.74 Å². The van der Waals surface area contributed by atoms with E-state index in [0.29, 0.717) is 0 Å². The second-order valence-electron chi connectivity index (χ2n) is 7.15. The van der Waals surface area contributed by atoms with Crippen LogP contribution in [0.2, 0.25) is 0 Å². The van der Waals surface area contributed by atoms with Crippen LogP contribution in [0, 0.1) is 0 Å². The summed E-state index contributed by atoms with van der Waals surface area (Å²) < 4.78 is 5.30. The first-order valence-electron chi connectivity index (χ1n) is 9.33. The number of benzene rings is 1. The third-order valence-corrected chi connectivity index (χ3v) is 5.44. The number of carbonyl (C=O) groups excluding carboxylic acids is 1. The number of nitrogens with one attached hydrogen (secondary N) is 2. The van der Waals surface area contributed by atoms with Crippen LogP contribution in [0.5, 0.6) is 0 Å². The van der Waals surface area contributed by atoms with Crippen LogP contribution < -0.4 is 10.6 Å². The average molecular weight is 348 g/mol. The number of anilines is 1. The summed E-state index contributed by atoms with van der Waals surface area (Å²) >= 11 is 0. The summed E-state index contributed by atoms with van der Waals surface area (Å²) in [6.45, 7) is 10.3. The molecule has 2 N–H and O–H groups in total. The minimum atomic E-state index is -0.168. The Balaban J connectivity index is 0.00000109. The summed E-state index contributed by atoms with van der Waals surface area (Å²) in [5.74, 6) is 0.0247. The standard InChI is InChI=1S/C18H27N3O2.C2H6/c1-18(2)15-6-5-13(9-12(15)7-8-21(18)3)20-17(22)16-10-14(23-4)11-19-16;1-2/h5-6,9,14,16,19H,7-8,10-11H2,1-4H3,(H,20,22);1-2H3/t14?,16-;/m1./s1. The Labute approximate surface area is 152 Å². The molecule has 5 heteroatoms. The predicted molar refractivity (Wildman–Crippen MR) is 103 cm³/mol. The van der Waals surface area contributed by atoms with Gasteiger partial charge in [0, 0.05) is 31.4 Å². The molecule has 1 amide bonds. The van der Waals surface area contributed by atoms with Crippen molar-refractivity contribution in [2.75, 3.05) is 32.6 Å². The van der Waals surface area contributed by atoms with E-state index in [1.807, 2.05) is 19.9 Å². The largest absolute Gasteiger partial charge is 0.380 e. The van der Waals surface area contributed by atoms with Gasteiger partial charge >= 0.3 is 0 Å². The van der Waals surface area contributed by atoms with Crippen molar-refractivity contribution in [1.29, 1.82) is 0 Å². The first kappa shape index (κ1) is 19.9. The Morgan fingerprint density at radius 3 is 2.72 bits per heavy atom. The van der Waals surface area contributed by atoms with Crippen molar-refractivity contribution in [3.05, 3.63) is 29.3 Å². The van der Waals surface area contributed by atoms with Crippen LogP contribution in [-0.4, -0.2) is 50.2 Å². The Kier molecular flexibility index (Phi) is 6.60. The van der Waals surface area contributed by atoms with E-state index < -0.39 is 0 Å². The fourth-order valence-electron chi connectivity index (χ4n) is 3.56. The smallest absolute Gasteiger partial charge is 0.241 e. The van der Waals surface area contributed by atoms with E-state index in [9.17, 15) is 4.79 Å². The van der Waals surface area contributed by atoms with Crippen LogP contribution in [0.1, 0.15) is 45.2 Å². The molecule has 2 heterocycles. The number of likely N-dealkylation sites (N-methyl/N-ethyl adjacent to an activating group) is 1. The van der Waals surface area contributed by atoms with Gasteiger partial charge in [0.25, 0.3) is 0 Å². The van der Waals surface area contributed by atoms with Gasteiger partial charge in [-0.3, -0.25) is 9.69 Å². The van der Waals surface area contributed by atoms with Crippen LogP contribution in [-0.2, 0) is 21.5 Å². The highest BCUT2D eigenvalue weighted by atomic mass is 16.5.